The molecule has 10 heteroatoms. The quantitative estimate of drug-likeness (QED) is 0.503. The molecule has 10 nitrogen and oxygen atoms in total. The lowest BCUT2D eigenvalue weighted by atomic mass is 9.88. The van der Waals surface area contributed by atoms with Gasteiger partial charge in [-0.25, -0.2) is 0 Å². The van der Waals surface area contributed by atoms with Gasteiger partial charge < -0.3 is 23.6 Å². The number of methoxy groups -OCH3 is 2. The highest BCUT2D eigenvalue weighted by molar-refractivity contribution is 5.96. The van der Waals surface area contributed by atoms with Crippen molar-refractivity contribution in [3.05, 3.63) is 46.7 Å². The SMILES string of the molecule is COCCOCc1nc(C2CCN(C(=O)c3[nH]nc4c3CCc3cc(OC)ccc3-4)CC2)no1. The molecule has 0 bridgehead atoms. The van der Waals surface area contributed by atoms with E-state index in [0.717, 1.165) is 48.3 Å². The van der Waals surface area contributed by atoms with Crippen LogP contribution in [0.3, 0.4) is 0 Å². The van der Waals surface area contributed by atoms with Crippen LogP contribution in [-0.2, 0) is 28.9 Å². The van der Waals surface area contributed by atoms with E-state index in [-0.39, 0.29) is 18.4 Å². The molecule has 0 unspecified atom stereocenters. The average molecular weight is 468 g/mol. The molecule has 3 aromatic rings. The number of amides is 1. The van der Waals surface area contributed by atoms with Crippen LogP contribution in [0.1, 0.15) is 52.1 Å². The number of ether oxygens (including phenoxy) is 3. The van der Waals surface area contributed by atoms with Crippen LogP contribution in [0.5, 0.6) is 5.75 Å². The topological polar surface area (TPSA) is 116 Å². The largest absolute Gasteiger partial charge is 0.497 e. The van der Waals surface area contributed by atoms with Crippen molar-refractivity contribution in [2.75, 3.05) is 40.5 Å². The maximum absolute atomic E-state index is 13.3. The van der Waals surface area contributed by atoms with E-state index in [2.05, 4.69) is 20.3 Å². The van der Waals surface area contributed by atoms with Gasteiger partial charge in [-0.2, -0.15) is 10.1 Å². The number of hydrogen-bond donors (Lipinski definition) is 1. The van der Waals surface area contributed by atoms with Crippen molar-refractivity contribution >= 4 is 5.91 Å². The minimum atomic E-state index is 0.00417. The van der Waals surface area contributed by atoms with Crippen molar-refractivity contribution < 1.29 is 23.5 Å². The number of hydrogen-bond acceptors (Lipinski definition) is 8. The van der Waals surface area contributed by atoms with E-state index in [1.54, 1.807) is 14.2 Å². The normalized spacial score (nSPS) is 15.8. The Bertz CT molecular complexity index is 1150. The molecular weight excluding hydrogens is 438 g/mol. The molecule has 5 rings (SSSR count). The Kier molecular flexibility index (Phi) is 6.59. The molecule has 2 aliphatic rings. The number of aryl methyl sites for hydroxylation is 1. The molecular formula is C24H29N5O5. The van der Waals surface area contributed by atoms with E-state index in [0.29, 0.717) is 43.7 Å². The Morgan fingerprint density at radius 3 is 2.85 bits per heavy atom. The molecule has 34 heavy (non-hydrogen) atoms. The molecule has 0 spiro atoms. The standard InChI is InChI=1S/C24H29N5O5/c1-31-11-12-33-14-20-25-23(28-34-20)15-7-9-29(10-8-15)24(30)22-19-5-3-16-13-17(32-2)4-6-18(16)21(19)26-27-22/h4,6,13,15H,3,5,7-12,14H2,1-2H3,(H,26,27). The highest BCUT2D eigenvalue weighted by atomic mass is 16.5. The number of nitrogens with one attached hydrogen (secondary N) is 1. The third kappa shape index (κ3) is 4.43. The number of carbonyl (C=O) groups is 1. The lowest BCUT2D eigenvalue weighted by molar-refractivity contribution is 0.0494. The van der Waals surface area contributed by atoms with Gasteiger partial charge in [0.1, 0.15) is 18.1 Å². The van der Waals surface area contributed by atoms with E-state index >= 15 is 0 Å². The summed E-state index contributed by atoms with van der Waals surface area (Å²) in [4.78, 5) is 19.7. The Labute approximate surface area is 197 Å². The summed E-state index contributed by atoms with van der Waals surface area (Å²) in [5.41, 5.74) is 4.73. The first-order valence-corrected chi connectivity index (χ1v) is 11.6. The highest BCUT2D eigenvalue weighted by Gasteiger charge is 2.31. The van der Waals surface area contributed by atoms with Crippen LogP contribution in [0.4, 0.5) is 0 Å². The summed E-state index contributed by atoms with van der Waals surface area (Å²) < 4.78 is 21.0. The van der Waals surface area contributed by atoms with Crippen LogP contribution in [0.15, 0.2) is 22.7 Å². The molecule has 0 atom stereocenters. The number of H-pyrrole nitrogens is 1. The highest BCUT2D eigenvalue weighted by Crippen LogP contribution is 2.36. The number of fused-ring (bicyclic) bond motifs is 3. The van der Waals surface area contributed by atoms with E-state index < -0.39 is 0 Å². The van der Waals surface area contributed by atoms with Gasteiger partial charge in [0.05, 0.1) is 26.0 Å². The zero-order chi connectivity index (χ0) is 23.5. The predicted molar refractivity (Wildman–Crippen MR) is 122 cm³/mol. The Hall–Kier alpha value is -3.24. The van der Waals surface area contributed by atoms with Crippen LogP contribution in [0.2, 0.25) is 0 Å². The number of carbonyl (C=O) groups excluding carboxylic acids is 1. The average Bonchev–Trinajstić information content (AvgIpc) is 3.53. The first-order valence-electron chi connectivity index (χ1n) is 11.6. The first-order chi connectivity index (χ1) is 16.7. The first kappa shape index (κ1) is 22.5. The van der Waals surface area contributed by atoms with Gasteiger partial charge in [0.2, 0.25) is 0 Å². The van der Waals surface area contributed by atoms with E-state index in [1.165, 1.54) is 5.56 Å². The fourth-order valence-electron chi connectivity index (χ4n) is 4.70. The maximum Gasteiger partial charge on any atom is 0.272 e. The smallest absolute Gasteiger partial charge is 0.272 e. The maximum atomic E-state index is 13.3. The van der Waals surface area contributed by atoms with Crippen molar-refractivity contribution in [1.29, 1.82) is 0 Å². The van der Waals surface area contributed by atoms with Gasteiger partial charge in [0.15, 0.2) is 5.82 Å². The minimum absolute atomic E-state index is 0.00417. The molecule has 3 heterocycles. The Morgan fingerprint density at radius 1 is 1.21 bits per heavy atom. The van der Waals surface area contributed by atoms with Crippen LogP contribution >= 0.6 is 0 Å². The molecule has 1 aliphatic heterocycles. The number of piperidine rings is 1. The summed E-state index contributed by atoms with van der Waals surface area (Å²) in [6.45, 7) is 2.55. The second kappa shape index (κ2) is 9.94. The molecule has 0 saturated carbocycles. The lowest BCUT2D eigenvalue weighted by Gasteiger charge is -2.30. The second-order valence-electron chi connectivity index (χ2n) is 8.61. The molecule has 1 aromatic carbocycles. The summed E-state index contributed by atoms with van der Waals surface area (Å²) in [6, 6.07) is 6.01. The van der Waals surface area contributed by atoms with Crippen LogP contribution in [0.25, 0.3) is 11.3 Å². The summed E-state index contributed by atoms with van der Waals surface area (Å²) in [7, 11) is 3.30. The molecule has 1 N–H and O–H groups in total. The molecule has 0 radical (unpaired) electrons. The monoisotopic (exact) mass is 467 g/mol. The number of aromatic amines is 1. The summed E-state index contributed by atoms with van der Waals surface area (Å²) in [5, 5.41) is 11.7. The Morgan fingerprint density at radius 2 is 2.06 bits per heavy atom. The van der Waals surface area contributed by atoms with Gasteiger partial charge >= 0.3 is 0 Å². The van der Waals surface area contributed by atoms with Gasteiger partial charge in [-0.05, 0) is 49.4 Å². The van der Waals surface area contributed by atoms with Crippen molar-refractivity contribution in [1.82, 2.24) is 25.2 Å². The molecule has 180 valence electrons. The van der Waals surface area contributed by atoms with Gasteiger partial charge in [-0.1, -0.05) is 5.16 Å². The van der Waals surface area contributed by atoms with Gasteiger partial charge in [0.25, 0.3) is 11.8 Å². The molecule has 2 aromatic heterocycles. The number of likely N-dealkylation sites (tertiary alicyclic amines) is 1. The molecule has 1 aliphatic carbocycles. The van der Waals surface area contributed by atoms with E-state index in [9.17, 15) is 4.79 Å². The van der Waals surface area contributed by atoms with Crippen molar-refractivity contribution in [3.8, 4) is 17.0 Å². The number of benzene rings is 1. The third-order valence-corrected chi connectivity index (χ3v) is 6.58. The second-order valence-corrected chi connectivity index (χ2v) is 8.61. The summed E-state index contributed by atoms with van der Waals surface area (Å²) >= 11 is 0. The fraction of sp³-hybridized carbons (Fsp3) is 0.500. The summed E-state index contributed by atoms with van der Waals surface area (Å²) in [6.07, 6.45) is 3.21. The van der Waals surface area contributed by atoms with Gasteiger partial charge in [-0.15, -0.1) is 0 Å². The fourth-order valence-corrected chi connectivity index (χ4v) is 4.70. The molecule has 1 amide bonds. The summed E-state index contributed by atoms with van der Waals surface area (Å²) in [5.74, 6) is 2.15. The minimum Gasteiger partial charge on any atom is -0.497 e. The zero-order valence-corrected chi connectivity index (χ0v) is 19.5. The zero-order valence-electron chi connectivity index (χ0n) is 19.5. The molecule has 1 saturated heterocycles. The third-order valence-electron chi connectivity index (χ3n) is 6.58. The van der Waals surface area contributed by atoms with E-state index in [4.69, 9.17) is 18.7 Å². The number of rotatable bonds is 8. The van der Waals surface area contributed by atoms with Crippen molar-refractivity contribution in [2.45, 2.75) is 38.2 Å². The number of nitrogens with zero attached hydrogens (tertiary/aromatic N) is 4. The predicted octanol–water partition coefficient (Wildman–Crippen LogP) is 2.75. The van der Waals surface area contributed by atoms with E-state index in [1.807, 2.05) is 23.1 Å². The Balaban J connectivity index is 1.21. The van der Waals surface area contributed by atoms with Crippen LogP contribution in [-0.4, -0.2) is 71.7 Å². The molecule has 1 fully saturated rings. The van der Waals surface area contributed by atoms with Gasteiger partial charge in [0, 0.05) is 37.2 Å². The van der Waals surface area contributed by atoms with Gasteiger partial charge in [-0.3, -0.25) is 9.89 Å². The van der Waals surface area contributed by atoms with Crippen LogP contribution in [0, 0.1) is 0 Å². The number of aromatic nitrogens is 4. The van der Waals surface area contributed by atoms with Crippen molar-refractivity contribution in [2.24, 2.45) is 0 Å². The van der Waals surface area contributed by atoms with Crippen LogP contribution < -0.4 is 4.74 Å². The lowest BCUT2D eigenvalue weighted by Crippen LogP contribution is -2.38. The van der Waals surface area contributed by atoms with Crippen molar-refractivity contribution in [3.63, 3.8) is 0 Å².